The average molecular weight is 178 g/mol. The van der Waals surface area contributed by atoms with Crippen LogP contribution < -0.4 is 11.5 Å². The molecule has 0 saturated heterocycles. The van der Waals surface area contributed by atoms with Crippen molar-refractivity contribution in [3.63, 3.8) is 0 Å². The van der Waals surface area contributed by atoms with Crippen LogP contribution in [0.4, 0.5) is 11.4 Å². The van der Waals surface area contributed by atoms with Crippen LogP contribution >= 0.6 is 11.3 Å². The van der Waals surface area contributed by atoms with Crippen molar-refractivity contribution in [2.45, 2.75) is 6.92 Å². The first kappa shape index (κ1) is 7.43. The molecular weight excluding hydrogens is 168 g/mol. The predicted molar refractivity (Wildman–Crippen MR) is 55.4 cm³/mol. The molecule has 3 heteroatoms. The van der Waals surface area contributed by atoms with Crippen LogP contribution in [0.15, 0.2) is 17.5 Å². The fourth-order valence-corrected chi connectivity index (χ4v) is 2.25. The number of fused-ring (bicyclic) bond motifs is 1. The van der Waals surface area contributed by atoms with Gasteiger partial charge in [-0.05, 0) is 24.6 Å². The standard InChI is InChI=1S/C9H10N2S/c1-5-7(10)3-2-6-8(11)4-12-9(5)6/h2-4H,10-11H2,1H3. The van der Waals surface area contributed by atoms with Crippen molar-refractivity contribution in [2.24, 2.45) is 0 Å². The molecular formula is C9H10N2S. The summed E-state index contributed by atoms with van der Waals surface area (Å²) >= 11 is 1.65. The van der Waals surface area contributed by atoms with Crippen LogP contribution in [-0.2, 0) is 0 Å². The number of benzene rings is 1. The maximum atomic E-state index is 5.76. The Labute approximate surface area is 74.8 Å². The second-order valence-corrected chi connectivity index (χ2v) is 3.73. The lowest BCUT2D eigenvalue weighted by Crippen LogP contribution is -1.88. The third-order valence-electron chi connectivity index (χ3n) is 2.06. The molecule has 0 atom stereocenters. The van der Waals surface area contributed by atoms with Crippen LogP contribution in [0.5, 0.6) is 0 Å². The van der Waals surface area contributed by atoms with Gasteiger partial charge in [-0.1, -0.05) is 0 Å². The summed E-state index contributed by atoms with van der Waals surface area (Å²) in [7, 11) is 0. The number of aryl methyl sites for hydroxylation is 1. The van der Waals surface area contributed by atoms with Gasteiger partial charge in [0.2, 0.25) is 0 Å². The van der Waals surface area contributed by atoms with Crippen LogP contribution in [0.3, 0.4) is 0 Å². The lowest BCUT2D eigenvalue weighted by Gasteiger charge is -2.00. The summed E-state index contributed by atoms with van der Waals surface area (Å²) in [6.07, 6.45) is 0. The molecule has 2 rings (SSSR count). The third-order valence-corrected chi connectivity index (χ3v) is 3.20. The zero-order chi connectivity index (χ0) is 8.72. The minimum Gasteiger partial charge on any atom is -0.398 e. The molecule has 1 aromatic heterocycles. The first-order chi connectivity index (χ1) is 5.70. The monoisotopic (exact) mass is 178 g/mol. The molecule has 12 heavy (non-hydrogen) atoms. The quantitative estimate of drug-likeness (QED) is 0.608. The second-order valence-electron chi connectivity index (χ2n) is 2.85. The molecule has 1 heterocycles. The normalized spacial score (nSPS) is 10.8. The van der Waals surface area contributed by atoms with E-state index < -0.39 is 0 Å². The topological polar surface area (TPSA) is 52.0 Å². The molecule has 0 radical (unpaired) electrons. The Morgan fingerprint density at radius 2 is 1.92 bits per heavy atom. The van der Waals surface area contributed by atoms with E-state index in [9.17, 15) is 0 Å². The molecule has 62 valence electrons. The molecule has 2 aromatic rings. The highest BCUT2D eigenvalue weighted by molar-refractivity contribution is 7.18. The predicted octanol–water partition coefficient (Wildman–Crippen LogP) is 2.37. The summed E-state index contributed by atoms with van der Waals surface area (Å²) in [5, 5.41) is 3.07. The highest BCUT2D eigenvalue weighted by Crippen LogP contribution is 2.32. The molecule has 0 aliphatic rings. The van der Waals surface area contributed by atoms with Gasteiger partial charge in [0.25, 0.3) is 0 Å². The van der Waals surface area contributed by atoms with Crippen molar-refractivity contribution in [3.8, 4) is 0 Å². The Morgan fingerprint density at radius 1 is 1.17 bits per heavy atom. The SMILES string of the molecule is Cc1c(N)ccc2c(N)csc12. The minimum atomic E-state index is 0.837. The molecule has 0 bridgehead atoms. The zero-order valence-corrected chi connectivity index (χ0v) is 7.61. The number of thiophene rings is 1. The van der Waals surface area contributed by atoms with E-state index in [2.05, 4.69) is 0 Å². The van der Waals surface area contributed by atoms with Gasteiger partial charge < -0.3 is 11.5 Å². The summed E-state index contributed by atoms with van der Waals surface area (Å²) in [5.41, 5.74) is 14.3. The van der Waals surface area contributed by atoms with Gasteiger partial charge >= 0.3 is 0 Å². The highest BCUT2D eigenvalue weighted by atomic mass is 32.1. The van der Waals surface area contributed by atoms with Crippen molar-refractivity contribution in [1.82, 2.24) is 0 Å². The largest absolute Gasteiger partial charge is 0.398 e. The molecule has 0 saturated carbocycles. The van der Waals surface area contributed by atoms with Crippen LogP contribution in [-0.4, -0.2) is 0 Å². The van der Waals surface area contributed by atoms with E-state index in [0.29, 0.717) is 0 Å². The molecule has 0 amide bonds. The molecule has 4 N–H and O–H groups in total. The number of nitrogens with two attached hydrogens (primary N) is 2. The van der Waals surface area contributed by atoms with E-state index >= 15 is 0 Å². The molecule has 0 unspecified atom stereocenters. The lowest BCUT2D eigenvalue weighted by atomic mass is 10.1. The van der Waals surface area contributed by atoms with Crippen LogP contribution in [0.2, 0.25) is 0 Å². The van der Waals surface area contributed by atoms with Crippen molar-refractivity contribution in [1.29, 1.82) is 0 Å². The maximum Gasteiger partial charge on any atom is 0.0502 e. The van der Waals surface area contributed by atoms with E-state index in [0.717, 1.165) is 22.3 Å². The van der Waals surface area contributed by atoms with E-state index in [4.69, 9.17) is 11.5 Å². The number of hydrogen-bond acceptors (Lipinski definition) is 3. The van der Waals surface area contributed by atoms with Gasteiger partial charge in [-0.15, -0.1) is 11.3 Å². The summed E-state index contributed by atoms with van der Waals surface area (Å²) in [4.78, 5) is 0. The highest BCUT2D eigenvalue weighted by Gasteiger charge is 2.04. The molecule has 0 aliphatic heterocycles. The van der Waals surface area contributed by atoms with Crippen molar-refractivity contribution in [3.05, 3.63) is 23.1 Å². The molecule has 0 spiro atoms. The maximum absolute atomic E-state index is 5.76. The summed E-state index contributed by atoms with van der Waals surface area (Å²) in [6, 6.07) is 3.88. The fraction of sp³-hybridized carbons (Fsp3) is 0.111. The van der Waals surface area contributed by atoms with Gasteiger partial charge in [-0.2, -0.15) is 0 Å². The van der Waals surface area contributed by atoms with Crippen molar-refractivity contribution < 1.29 is 0 Å². The van der Waals surface area contributed by atoms with Crippen LogP contribution in [0.25, 0.3) is 10.1 Å². The molecule has 0 fully saturated rings. The summed E-state index contributed by atoms with van der Waals surface area (Å²) < 4.78 is 1.20. The smallest absolute Gasteiger partial charge is 0.0502 e. The first-order valence-electron chi connectivity index (χ1n) is 3.72. The minimum absolute atomic E-state index is 0.837. The van der Waals surface area contributed by atoms with Crippen LogP contribution in [0, 0.1) is 6.92 Å². The molecule has 0 aliphatic carbocycles. The van der Waals surface area contributed by atoms with E-state index in [1.54, 1.807) is 11.3 Å². The second kappa shape index (κ2) is 2.38. The van der Waals surface area contributed by atoms with Gasteiger partial charge in [-0.3, -0.25) is 0 Å². The van der Waals surface area contributed by atoms with Crippen molar-refractivity contribution >= 4 is 32.8 Å². The Bertz CT molecular complexity index is 431. The Balaban J connectivity index is 2.93. The Kier molecular flexibility index (Phi) is 1.48. The van der Waals surface area contributed by atoms with Gasteiger partial charge in [0.15, 0.2) is 0 Å². The zero-order valence-electron chi connectivity index (χ0n) is 6.79. The number of rotatable bonds is 0. The van der Waals surface area contributed by atoms with Crippen LogP contribution in [0.1, 0.15) is 5.56 Å². The summed E-state index contributed by atoms with van der Waals surface area (Å²) in [5.74, 6) is 0. The van der Waals surface area contributed by atoms with Gasteiger partial charge in [0.1, 0.15) is 0 Å². The third kappa shape index (κ3) is 0.865. The van der Waals surface area contributed by atoms with E-state index in [-0.39, 0.29) is 0 Å². The van der Waals surface area contributed by atoms with E-state index in [1.807, 2.05) is 24.4 Å². The number of hydrogen-bond donors (Lipinski definition) is 2. The van der Waals surface area contributed by atoms with Gasteiger partial charge in [-0.25, -0.2) is 0 Å². The average Bonchev–Trinajstić information content (AvgIpc) is 2.41. The van der Waals surface area contributed by atoms with Gasteiger partial charge in [0.05, 0.1) is 5.69 Å². The molecule has 1 aromatic carbocycles. The first-order valence-corrected chi connectivity index (χ1v) is 4.60. The fourth-order valence-electron chi connectivity index (χ4n) is 1.27. The molecule has 2 nitrogen and oxygen atoms in total. The summed E-state index contributed by atoms with van der Waals surface area (Å²) in [6.45, 7) is 2.02. The number of nitrogen functional groups attached to an aromatic ring is 2. The van der Waals surface area contributed by atoms with E-state index in [1.165, 1.54) is 4.70 Å². The Morgan fingerprint density at radius 3 is 2.67 bits per heavy atom. The lowest BCUT2D eigenvalue weighted by molar-refractivity contribution is 1.55. The van der Waals surface area contributed by atoms with Crippen molar-refractivity contribution in [2.75, 3.05) is 11.5 Å². The number of anilines is 2. The Hall–Kier alpha value is -1.22. The van der Waals surface area contributed by atoms with Gasteiger partial charge in [0, 0.05) is 21.2 Å².